The second-order valence-electron chi connectivity index (χ2n) is 3.66. The lowest BCUT2D eigenvalue weighted by atomic mass is 9.98. The molecule has 0 radical (unpaired) electrons. The van der Waals surface area contributed by atoms with Crippen LogP contribution in [0.15, 0.2) is 18.2 Å². The lowest BCUT2D eigenvalue weighted by Gasteiger charge is -2.08. The SMILES string of the molecule is O=[N+]([O-])c1ccc(C2CCNC2)cc1Cl. The van der Waals surface area contributed by atoms with Crippen molar-refractivity contribution in [3.05, 3.63) is 38.9 Å². The number of rotatable bonds is 2. The molecule has 1 aromatic carbocycles. The van der Waals surface area contributed by atoms with Gasteiger partial charge in [-0.1, -0.05) is 17.7 Å². The van der Waals surface area contributed by atoms with E-state index in [4.69, 9.17) is 11.6 Å². The van der Waals surface area contributed by atoms with Crippen LogP contribution in [0.2, 0.25) is 5.02 Å². The van der Waals surface area contributed by atoms with Gasteiger partial charge < -0.3 is 5.32 Å². The first-order chi connectivity index (χ1) is 7.18. The molecule has 1 heterocycles. The molecular formula is C10H11ClN2O2. The highest BCUT2D eigenvalue weighted by atomic mass is 35.5. The average Bonchev–Trinajstić information content (AvgIpc) is 2.69. The molecule has 80 valence electrons. The zero-order valence-electron chi connectivity index (χ0n) is 8.07. The molecule has 1 unspecified atom stereocenters. The van der Waals surface area contributed by atoms with Gasteiger partial charge in [0.2, 0.25) is 0 Å². The molecule has 4 nitrogen and oxygen atoms in total. The normalized spacial score (nSPS) is 20.5. The minimum atomic E-state index is -0.459. The Morgan fingerprint density at radius 2 is 2.33 bits per heavy atom. The number of nitro groups is 1. The average molecular weight is 227 g/mol. The molecule has 0 spiro atoms. The Hall–Kier alpha value is -1.13. The summed E-state index contributed by atoms with van der Waals surface area (Å²) in [6.07, 6.45) is 1.06. The van der Waals surface area contributed by atoms with Crippen molar-refractivity contribution < 1.29 is 4.92 Å². The summed E-state index contributed by atoms with van der Waals surface area (Å²) in [5.74, 6) is 0.434. The molecule has 0 amide bonds. The summed E-state index contributed by atoms with van der Waals surface area (Å²) < 4.78 is 0. The highest BCUT2D eigenvalue weighted by Gasteiger charge is 2.19. The van der Waals surface area contributed by atoms with Crippen LogP contribution in [0.3, 0.4) is 0 Å². The van der Waals surface area contributed by atoms with Gasteiger partial charge in [0, 0.05) is 12.6 Å². The molecule has 0 aliphatic carbocycles. The number of halogens is 1. The highest BCUT2D eigenvalue weighted by Crippen LogP contribution is 2.30. The van der Waals surface area contributed by atoms with E-state index >= 15 is 0 Å². The Morgan fingerprint density at radius 3 is 2.87 bits per heavy atom. The van der Waals surface area contributed by atoms with Gasteiger partial charge in [-0.3, -0.25) is 10.1 Å². The smallest absolute Gasteiger partial charge is 0.287 e. The predicted molar refractivity (Wildman–Crippen MR) is 58.3 cm³/mol. The van der Waals surface area contributed by atoms with Crippen LogP contribution in [-0.4, -0.2) is 18.0 Å². The fourth-order valence-electron chi connectivity index (χ4n) is 1.86. The molecule has 5 heteroatoms. The van der Waals surface area contributed by atoms with Crippen LogP contribution in [0.25, 0.3) is 0 Å². The molecule has 2 rings (SSSR count). The number of nitrogens with one attached hydrogen (secondary N) is 1. The minimum absolute atomic E-state index is 0.0219. The fraction of sp³-hybridized carbons (Fsp3) is 0.400. The fourth-order valence-corrected chi connectivity index (χ4v) is 2.12. The molecule has 1 aliphatic heterocycles. The van der Waals surface area contributed by atoms with Gasteiger partial charge in [-0.2, -0.15) is 0 Å². The van der Waals surface area contributed by atoms with Crippen molar-refractivity contribution in [1.29, 1.82) is 0 Å². The molecule has 0 aromatic heterocycles. The summed E-state index contributed by atoms with van der Waals surface area (Å²) in [6, 6.07) is 4.98. The Morgan fingerprint density at radius 1 is 1.53 bits per heavy atom. The van der Waals surface area contributed by atoms with E-state index < -0.39 is 4.92 Å². The monoisotopic (exact) mass is 226 g/mol. The van der Waals surface area contributed by atoms with E-state index in [9.17, 15) is 10.1 Å². The van der Waals surface area contributed by atoms with Crippen molar-refractivity contribution in [1.82, 2.24) is 5.32 Å². The lowest BCUT2D eigenvalue weighted by Crippen LogP contribution is -2.08. The number of hydrogen-bond donors (Lipinski definition) is 1. The standard InChI is InChI=1S/C10H11ClN2O2/c11-9-5-7(8-3-4-12-6-8)1-2-10(9)13(14)15/h1-2,5,8,12H,3-4,6H2. The van der Waals surface area contributed by atoms with E-state index in [-0.39, 0.29) is 10.7 Å². The van der Waals surface area contributed by atoms with Crippen molar-refractivity contribution in [2.24, 2.45) is 0 Å². The molecular weight excluding hydrogens is 216 g/mol. The molecule has 1 fully saturated rings. The van der Waals surface area contributed by atoms with E-state index in [1.807, 2.05) is 0 Å². The van der Waals surface area contributed by atoms with E-state index in [1.165, 1.54) is 6.07 Å². The van der Waals surface area contributed by atoms with Crippen molar-refractivity contribution >= 4 is 17.3 Å². The Labute approximate surface area is 92.4 Å². The molecule has 0 bridgehead atoms. The second-order valence-corrected chi connectivity index (χ2v) is 4.06. The van der Waals surface area contributed by atoms with Gasteiger partial charge in [0.15, 0.2) is 0 Å². The van der Waals surface area contributed by atoms with Crippen LogP contribution in [0.4, 0.5) is 5.69 Å². The van der Waals surface area contributed by atoms with Crippen molar-refractivity contribution in [3.8, 4) is 0 Å². The molecule has 1 aliphatic rings. The topological polar surface area (TPSA) is 55.2 Å². The van der Waals surface area contributed by atoms with E-state index in [0.717, 1.165) is 25.1 Å². The van der Waals surface area contributed by atoms with Crippen molar-refractivity contribution in [3.63, 3.8) is 0 Å². The Kier molecular flexibility index (Phi) is 2.88. The van der Waals surface area contributed by atoms with E-state index in [1.54, 1.807) is 12.1 Å². The summed E-state index contributed by atoms with van der Waals surface area (Å²) in [6.45, 7) is 1.92. The summed E-state index contributed by atoms with van der Waals surface area (Å²) in [5.41, 5.74) is 1.06. The third kappa shape index (κ3) is 2.11. The molecule has 1 saturated heterocycles. The van der Waals surface area contributed by atoms with Gasteiger partial charge in [0.1, 0.15) is 5.02 Å². The first-order valence-corrected chi connectivity index (χ1v) is 5.21. The largest absolute Gasteiger partial charge is 0.316 e. The summed E-state index contributed by atoms with van der Waals surface area (Å²) in [7, 11) is 0. The van der Waals surface area contributed by atoms with Gasteiger partial charge in [0.05, 0.1) is 4.92 Å². The number of nitrogens with zero attached hydrogens (tertiary/aromatic N) is 1. The van der Waals surface area contributed by atoms with E-state index in [0.29, 0.717) is 5.92 Å². The van der Waals surface area contributed by atoms with Crippen LogP contribution in [0, 0.1) is 10.1 Å². The third-order valence-corrected chi connectivity index (χ3v) is 3.00. The van der Waals surface area contributed by atoms with Gasteiger partial charge in [-0.25, -0.2) is 0 Å². The number of hydrogen-bond acceptors (Lipinski definition) is 3. The van der Waals surface area contributed by atoms with Crippen LogP contribution in [-0.2, 0) is 0 Å². The highest BCUT2D eigenvalue weighted by molar-refractivity contribution is 6.32. The zero-order valence-corrected chi connectivity index (χ0v) is 8.83. The van der Waals surface area contributed by atoms with Gasteiger partial charge in [-0.15, -0.1) is 0 Å². The quantitative estimate of drug-likeness (QED) is 0.622. The summed E-state index contributed by atoms with van der Waals surface area (Å²) >= 11 is 5.84. The number of nitro benzene ring substituents is 1. The van der Waals surface area contributed by atoms with Crippen LogP contribution < -0.4 is 5.32 Å². The molecule has 15 heavy (non-hydrogen) atoms. The summed E-state index contributed by atoms with van der Waals surface area (Å²) in [5, 5.41) is 14.0. The number of benzene rings is 1. The van der Waals surface area contributed by atoms with Crippen LogP contribution in [0.5, 0.6) is 0 Å². The van der Waals surface area contributed by atoms with Crippen LogP contribution in [0.1, 0.15) is 17.9 Å². The van der Waals surface area contributed by atoms with Crippen molar-refractivity contribution in [2.75, 3.05) is 13.1 Å². The maximum atomic E-state index is 10.6. The molecule has 1 atom stereocenters. The second kappa shape index (κ2) is 4.16. The van der Waals surface area contributed by atoms with Crippen molar-refractivity contribution in [2.45, 2.75) is 12.3 Å². The molecule has 0 saturated carbocycles. The molecule has 1 aromatic rings. The Balaban J connectivity index is 2.28. The third-order valence-electron chi connectivity index (χ3n) is 2.70. The van der Waals surface area contributed by atoms with Gasteiger partial charge in [0.25, 0.3) is 5.69 Å². The summed E-state index contributed by atoms with van der Waals surface area (Å²) in [4.78, 5) is 10.1. The zero-order chi connectivity index (χ0) is 10.8. The first kappa shape index (κ1) is 10.4. The Bertz CT molecular complexity index is 389. The predicted octanol–water partition coefficient (Wildman–Crippen LogP) is 2.33. The maximum absolute atomic E-state index is 10.6. The maximum Gasteiger partial charge on any atom is 0.287 e. The van der Waals surface area contributed by atoms with Gasteiger partial charge in [-0.05, 0) is 30.5 Å². The lowest BCUT2D eigenvalue weighted by molar-refractivity contribution is -0.384. The van der Waals surface area contributed by atoms with Crippen LogP contribution >= 0.6 is 11.6 Å². The van der Waals surface area contributed by atoms with Gasteiger partial charge >= 0.3 is 0 Å². The minimum Gasteiger partial charge on any atom is -0.316 e. The van der Waals surface area contributed by atoms with E-state index in [2.05, 4.69) is 5.32 Å². The first-order valence-electron chi connectivity index (χ1n) is 4.83. The molecule has 1 N–H and O–H groups in total.